The maximum atomic E-state index is 10.8. The number of hydrogen-bond acceptors (Lipinski definition) is 2. The van der Waals surface area contributed by atoms with Crippen molar-refractivity contribution in [3.05, 3.63) is 64.7 Å². The van der Waals surface area contributed by atoms with E-state index in [1.54, 1.807) is 0 Å². The molecule has 2 aromatic carbocycles. The van der Waals surface area contributed by atoms with Gasteiger partial charge in [0.15, 0.2) is 0 Å². The van der Waals surface area contributed by atoms with E-state index in [9.17, 15) is 4.79 Å². The zero-order chi connectivity index (χ0) is 13.7. The fourth-order valence-electron chi connectivity index (χ4n) is 1.86. The van der Waals surface area contributed by atoms with Crippen LogP contribution in [-0.4, -0.2) is 11.1 Å². The van der Waals surface area contributed by atoms with Crippen molar-refractivity contribution in [1.29, 1.82) is 0 Å². The van der Waals surface area contributed by atoms with Gasteiger partial charge in [0.25, 0.3) is 0 Å². The number of carbonyl (C=O) groups is 1. The lowest BCUT2D eigenvalue weighted by molar-refractivity contribution is -0.136. The topological polar surface area (TPSA) is 49.3 Å². The van der Waals surface area contributed by atoms with Gasteiger partial charge in [0.05, 0.1) is 17.1 Å². The van der Waals surface area contributed by atoms with Crippen molar-refractivity contribution in [3.8, 4) is 0 Å². The van der Waals surface area contributed by atoms with Gasteiger partial charge in [-0.1, -0.05) is 48.0 Å². The summed E-state index contributed by atoms with van der Waals surface area (Å²) < 4.78 is 0. The smallest absolute Gasteiger partial charge is 0.307 e. The molecule has 2 aromatic rings. The van der Waals surface area contributed by atoms with Crippen LogP contribution in [0.25, 0.3) is 0 Å². The maximum Gasteiger partial charge on any atom is 0.307 e. The molecule has 0 unspecified atom stereocenters. The van der Waals surface area contributed by atoms with Gasteiger partial charge in [-0.15, -0.1) is 0 Å². The van der Waals surface area contributed by atoms with Crippen LogP contribution in [0.15, 0.2) is 48.5 Å². The first-order valence-corrected chi connectivity index (χ1v) is 6.31. The number of halogens is 1. The molecule has 0 saturated carbocycles. The van der Waals surface area contributed by atoms with Crippen molar-refractivity contribution in [2.45, 2.75) is 13.0 Å². The van der Waals surface area contributed by atoms with Gasteiger partial charge in [-0.05, 0) is 23.3 Å². The highest BCUT2D eigenvalue weighted by Gasteiger charge is 2.06. The van der Waals surface area contributed by atoms with Crippen molar-refractivity contribution < 1.29 is 9.90 Å². The molecule has 2 N–H and O–H groups in total. The average molecular weight is 276 g/mol. The van der Waals surface area contributed by atoms with Crippen molar-refractivity contribution in [2.75, 3.05) is 5.32 Å². The van der Waals surface area contributed by atoms with Crippen molar-refractivity contribution >= 4 is 23.3 Å². The van der Waals surface area contributed by atoms with Gasteiger partial charge >= 0.3 is 5.97 Å². The minimum atomic E-state index is -0.829. The van der Waals surface area contributed by atoms with E-state index < -0.39 is 5.97 Å². The molecule has 98 valence electrons. The number of nitrogens with one attached hydrogen (secondary N) is 1. The molecule has 0 atom stereocenters. The molecule has 0 fully saturated rings. The molecule has 0 amide bonds. The van der Waals surface area contributed by atoms with Gasteiger partial charge in [0.2, 0.25) is 0 Å². The van der Waals surface area contributed by atoms with Crippen LogP contribution in [0.1, 0.15) is 11.1 Å². The van der Waals surface area contributed by atoms with Gasteiger partial charge in [0.1, 0.15) is 0 Å². The second-order valence-electron chi connectivity index (χ2n) is 4.17. The lowest BCUT2D eigenvalue weighted by atomic mass is 10.0. The maximum absolute atomic E-state index is 10.8. The first-order valence-electron chi connectivity index (χ1n) is 5.94. The Morgan fingerprint density at radius 2 is 1.68 bits per heavy atom. The van der Waals surface area contributed by atoms with Gasteiger partial charge in [-0.25, -0.2) is 0 Å². The molecular weight excluding hydrogens is 262 g/mol. The lowest BCUT2D eigenvalue weighted by Crippen LogP contribution is -2.07. The molecule has 19 heavy (non-hydrogen) atoms. The van der Waals surface area contributed by atoms with E-state index in [0.717, 1.165) is 16.8 Å². The summed E-state index contributed by atoms with van der Waals surface area (Å²) in [5.74, 6) is -0.829. The van der Waals surface area contributed by atoms with E-state index in [2.05, 4.69) is 5.32 Å². The monoisotopic (exact) mass is 275 g/mol. The molecule has 3 nitrogen and oxygen atoms in total. The highest BCUT2D eigenvalue weighted by Crippen LogP contribution is 2.21. The molecule has 0 aliphatic heterocycles. The largest absolute Gasteiger partial charge is 0.481 e. The first kappa shape index (κ1) is 13.4. The molecule has 2 rings (SSSR count). The molecule has 4 heteroatoms. The van der Waals surface area contributed by atoms with Crippen molar-refractivity contribution in [3.63, 3.8) is 0 Å². The van der Waals surface area contributed by atoms with Crippen LogP contribution in [0, 0.1) is 0 Å². The van der Waals surface area contributed by atoms with Gasteiger partial charge in [-0.2, -0.15) is 0 Å². The molecule has 0 heterocycles. The predicted molar refractivity (Wildman–Crippen MR) is 76.6 cm³/mol. The minimum Gasteiger partial charge on any atom is -0.481 e. The lowest BCUT2D eigenvalue weighted by Gasteiger charge is -2.11. The van der Waals surface area contributed by atoms with Crippen LogP contribution >= 0.6 is 11.6 Å². The van der Waals surface area contributed by atoms with Crippen molar-refractivity contribution in [2.24, 2.45) is 0 Å². The molecule has 0 aliphatic carbocycles. The minimum absolute atomic E-state index is 0.0281. The van der Waals surface area contributed by atoms with E-state index in [0.29, 0.717) is 11.6 Å². The van der Waals surface area contributed by atoms with Gasteiger partial charge < -0.3 is 10.4 Å². The predicted octanol–water partition coefficient (Wildman–Crippen LogP) is 3.58. The van der Waals surface area contributed by atoms with E-state index in [1.165, 1.54) is 0 Å². The number of rotatable bonds is 5. The number of hydrogen-bond donors (Lipinski definition) is 2. The van der Waals surface area contributed by atoms with Crippen LogP contribution in [0.2, 0.25) is 5.02 Å². The van der Waals surface area contributed by atoms with Crippen LogP contribution < -0.4 is 5.32 Å². The quantitative estimate of drug-likeness (QED) is 0.877. The summed E-state index contributed by atoms with van der Waals surface area (Å²) >= 11 is 6.06. The number of para-hydroxylation sites is 1. The zero-order valence-electron chi connectivity index (χ0n) is 10.3. The normalized spacial score (nSPS) is 10.2. The molecule has 0 aliphatic rings. The number of aliphatic carboxylic acids is 1. The van der Waals surface area contributed by atoms with E-state index in [-0.39, 0.29) is 6.42 Å². The summed E-state index contributed by atoms with van der Waals surface area (Å²) in [5, 5.41) is 12.7. The van der Waals surface area contributed by atoms with Crippen LogP contribution in [0.3, 0.4) is 0 Å². The third kappa shape index (κ3) is 3.73. The second kappa shape index (κ2) is 6.25. The molecule has 0 spiro atoms. The van der Waals surface area contributed by atoms with E-state index >= 15 is 0 Å². The third-order valence-corrected chi connectivity index (χ3v) is 3.13. The Balaban J connectivity index is 2.11. The summed E-state index contributed by atoms with van der Waals surface area (Å²) in [5.41, 5.74) is 2.62. The summed E-state index contributed by atoms with van der Waals surface area (Å²) in [6.07, 6.45) is 0.0281. The van der Waals surface area contributed by atoms with E-state index in [1.807, 2.05) is 48.5 Å². The fourth-order valence-corrected chi connectivity index (χ4v) is 2.06. The van der Waals surface area contributed by atoms with Crippen LogP contribution in [-0.2, 0) is 17.8 Å². The summed E-state index contributed by atoms with van der Waals surface area (Å²) in [6, 6.07) is 15.0. The zero-order valence-corrected chi connectivity index (χ0v) is 11.0. The Morgan fingerprint density at radius 1 is 1.05 bits per heavy atom. The van der Waals surface area contributed by atoms with Gasteiger partial charge in [0, 0.05) is 6.54 Å². The number of benzene rings is 2. The third-order valence-electron chi connectivity index (χ3n) is 2.80. The Labute approximate surface area is 116 Å². The van der Waals surface area contributed by atoms with Crippen molar-refractivity contribution in [1.82, 2.24) is 0 Å². The molecule has 0 bridgehead atoms. The standard InChI is InChI=1S/C15H14ClNO2/c16-13-7-3-4-8-14(13)17-10-12-6-2-1-5-11(12)9-15(18)19/h1-8,17H,9-10H2,(H,18,19). The Bertz CT molecular complexity index is 584. The Kier molecular flexibility index (Phi) is 4.42. The first-order chi connectivity index (χ1) is 9.16. The van der Waals surface area contributed by atoms with Crippen LogP contribution in [0.4, 0.5) is 5.69 Å². The van der Waals surface area contributed by atoms with Crippen LogP contribution in [0.5, 0.6) is 0 Å². The number of carboxylic acids is 1. The summed E-state index contributed by atoms with van der Waals surface area (Å²) in [6.45, 7) is 0.549. The highest BCUT2D eigenvalue weighted by molar-refractivity contribution is 6.33. The highest BCUT2D eigenvalue weighted by atomic mass is 35.5. The number of anilines is 1. The Morgan fingerprint density at radius 3 is 2.37 bits per heavy atom. The second-order valence-corrected chi connectivity index (χ2v) is 4.58. The molecular formula is C15H14ClNO2. The molecule has 0 saturated heterocycles. The van der Waals surface area contributed by atoms with Gasteiger partial charge in [-0.3, -0.25) is 4.79 Å². The summed E-state index contributed by atoms with van der Waals surface area (Å²) in [7, 11) is 0. The fraction of sp³-hybridized carbons (Fsp3) is 0.133. The Hall–Kier alpha value is -2.00. The van der Waals surface area contributed by atoms with E-state index in [4.69, 9.17) is 16.7 Å². The summed E-state index contributed by atoms with van der Waals surface area (Å²) in [4.78, 5) is 10.8. The molecule has 0 radical (unpaired) electrons. The average Bonchev–Trinajstić information content (AvgIpc) is 2.39. The molecule has 0 aromatic heterocycles. The number of carboxylic acid groups (broad SMARTS) is 1. The SMILES string of the molecule is O=C(O)Cc1ccccc1CNc1ccccc1Cl.